The van der Waals surface area contributed by atoms with Gasteiger partial charge in [0.25, 0.3) is 0 Å². The minimum absolute atomic E-state index is 0.102. The molecule has 2 aliphatic rings. The second kappa shape index (κ2) is 3.96. The van der Waals surface area contributed by atoms with Crippen molar-refractivity contribution in [1.82, 2.24) is 4.90 Å². The zero-order valence-electron chi connectivity index (χ0n) is 10.1. The maximum atomic E-state index is 11.5. The summed E-state index contributed by atoms with van der Waals surface area (Å²) < 4.78 is 22.9. The van der Waals surface area contributed by atoms with Gasteiger partial charge in [-0.15, -0.1) is 0 Å². The molecule has 2 saturated heterocycles. The minimum atomic E-state index is -2.77. The Morgan fingerprint density at radius 1 is 1.31 bits per heavy atom. The topological polar surface area (TPSA) is 63.4 Å². The molecule has 0 aromatic heterocycles. The number of hydrogen-bond donors (Lipinski definition) is 1. The molecule has 0 radical (unpaired) electrons. The molecule has 0 bridgehead atoms. The Morgan fingerprint density at radius 2 is 2.00 bits per heavy atom. The SMILES string of the molecule is CC1(C)CN(C2CCS(=O)(=O)C2)CCC1N. The second-order valence-corrected chi connectivity index (χ2v) is 8.14. The Labute approximate surface area is 98.1 Å². The Kier molecular flexibility index (Phi) is 3.05. The van der Waals surface area contributed by atoms with Gasteiger partial charge in [0.1, 0.15) is 0 Å². The van der Waals surface area contributed by atoms with Crippen LogP contribution in [0.5, 0.6) is 0 Å². The number of sulfone groups is 1. The Balaban J connectivity index is 2.02. The molecule has 2 atom stereocenters. The summed E-state index contributed by atoms with van der Waals surface area (Å²) in [6.45, 7) is 6.22. The molecule has 0 amide bonds. The first-order valence-corrected chi connectivity index (χ1v) is 7.82. The van der Waals surface area contributed by atoms with E-state index in [1.165, 1.54) is 0 Å². The fourth-order valence-electron chi connectivity index (χ4n) is 2.79. The van der Waals surface area contributed by atoms with Gasteiger partial charge in [0.05, 0.1) is 11.5 Å². The second-order valence-electron chi connectivity index (χ2n) is 5.91. The van der Waals surface area contributed by atoms with Crippen LogP contribution in [0.4, 0.5) is 0 Å². The molecule has 2 N–H and O–H groups in total. The monoisotopic (exact) mass is 246 g/mol. The molecular formula is C11H22N2O2S. The summed E-state index contributed by atoms with van der Waals surface area (Å²) in [5.41, 5.74) is 6.18. The third kappa shape index (κ3) is 2.41. The summed E-state index contributed by atoms with van der Waals surface area (Å²) in [6.07, 6.45) is 1.77. The normalized spacial score (nSPS) is 38.7. The molecule has 5 heteroatoms. The van der Waals surface area contributed by atoms with E-state index >= 15 is 0 Å². The van der Waals surface area contributed by atoms with E-state index in [-0.39, 0.29) is 17.5 Å². The molecule has 2 fully saturated rings. The lowest BCUT2D eigenvalue weighted by atomic mass is 9.79. The molecular weight excluding hydrogens is 224 g/mol. The molecule has 0 aromatic rings. The van der Waals surface area contributed by atoms with E-state index in [0.717, 1.165) is 25.9 Å². The van der Waals surface area contributed by atoms with Crippen LogP contribution in [-0.4, -0.2) is 50.0 Å². The van der Waals surface area contributed by atoms with Crippen molar-refractivity contribution in [3.05, 3.63) is 0 Å². The Morgan fingerprint density at radius 3 is 2.50 bits per heavy atom. The molecule has 4 nitrogen and oxygen atoms in total. The number of nitrogens with two attached hydrogens (primary N) is 1. The average Bonchev–Trinajstić information content (AvgIpc) is 2.51. The molecule has 0 spiro atoms. The maximum Gasteiger partial charge on any atom is 0.151 e. The van der Waals surface area contributed by atoms with E-state index in [2.05, 4.69) is 18.7 Å². The van der Waals surface area contributed by atoms with Gasteiger partial charge >= 0.3 is 0 Å². The van der Waals surface area contributed by atoms with E-state index in [9.17, 15) is 8.42 Å². The average molecular weight is 246 g/mol. The van der Waals surface area contributed by atoms with Crippen LogP contribution >= 0.6 is 0 Å². The Bertz CT molecular complexity index is 364. The lowest BCUT2D eigenvalue weighted by Crippen LogP contribution is -2.55. The number of nitrogens with zero attached hydrogens (tertiary/aromatic N) is 1. The summed E-state index contributed by atoms with van der Waals surface area (Å²) in [5, 5.41) is 0. The van der Waals surface area contributed by atoms with Crippen molar-refractivity contribution < 1.29 is 8.42 Å². The zero-order chi connectivity index (χ0) is 12.0. The third-order valence-electron chi connectivity index (χ3n) is 4.07. The van der Waals surface area contributed by atoms with Crippen LogP contribution in [0, 0.1) is 5.41 Å². The highest BCUT2D eigenvalue weighted by molar-refractivity contribution is 7.91. The van der Waals surface area contributed by atoms with Gasteiger partial charge in [-0.1, -0.05) is 13.8 Å². The van der Waals surface area contributed by atoms with Crippen LogP contribution in [0.3, 0.4) is 0 Å². The van der Waals surface area contributed by atoms with Crippen LogP contribution < -0.4 is 5.73 Å². The molecule has 94 valence electrons. The molecule has 2 heterocycles. The fraction of sp³-hybridized carbons (Fsp3) is 1.00. The van der Waals surface area contributed by atoms with Crippen LogP contribution in [0.25, 0.3) is 0 Å². The van der Waals surface area contributed by atoms with Gasteiger partial charge in [-0.3, -0.25) is 4.90 Å². The van der Waals surface area contributed by atoms with Crippen LogP contribution in [-0.2, 0) is 9.84 Å². The first-order valence-electron chi connectivity index (χ1n) is 6.00. The number of likely N-dealkylation sites (tertiary alicyclic amines) is 1. The number of hydrogen-bond acceptors (Lipinski definition) is 4. The first kappa shape index (κ1) is 12.3. The first-order chi connectivity index (χ1) is 7.30. The standard InChI is InChI=1S/C11H22N2O2S/c1-11(2)8-13(5-3-10(11)12)9-4-6-16(14,15)7-9/h9-10H,3-8,12H2,1-2H3. The molecule has 2 rings (SSSR count). The largest absolute Gasteiger partial charge is 0.327 e. The van der Waals surface area contributed by atoms with Crippen molar-refractivity contribution in [3.8, 4) is 0 Å². The van der Waals surface area contributed by atoms with Crippen LogP contribution in [0.2, 0.25) is 0 Å². The summed E-state index contributed by atoms with van der Waals surface area (Å²) in [6, 6.07) is 0.471. The lowest BCUT2D eigenvalue weighted by molar-refractivity contribution is 0.0688. The van der Waals surface area contributed by atoms with Crippen molar-refractivity contribution in [3.63, 3.8) is 0 Å². The molecule has 0 saturated carbocycles. The highest BCUT2D eigenvalue weighted by Gasteiger charge is 2.39. The Hall–Kier alpha value is -0.130. The lowest BCUT2D eigenvalue weighted by Gasteiger charge is -2.44. The number of piperidine rings is 1. The van der Waals surface area contributed by atoms with Crippen molar-refractivity contribution in [2.75, 3.05) is 24.6 Å². The van der Waals surface area contributed by atoms with Gasteiger partial charge in [0.15, 0.2) is 9.84 Å². The third-order valence-corrected chi connectivity index (χ3v) is 5.82. The molecule has 0 aromatic carbocycles. The predicted octanol–water partition coefficient (Wildman–Crippen LogP) is 0.233. The molecule has 2 unspecified atom stereocenters. The van der Waals surface area contributed by atoms with E-state index < -0.39 is 9.84 Å². The highest BCUT2D eigenvalue weighted by atomic mass is 32.2. The minimum Gasteiger partial charge on any atom is -0.327 e. The number of rotatable bonds is 1. The summed E-state index contributed by atoms with van der Waals surface area (Å²) in [4.78, 5) is 2.33. The smallest absolute Gasteiger partial charge is 0.151 e. The summed E-state index contributed by atoms with van der Waals surface area (Å²) in [7, 11) is -2.77. The van der Waals surface area contributed by atoms with Gasteiger partial charge in [0, 0.05) is 18.6 Å². The van der Waals surface area contributed by atoms with Crippen molar-refractivity contribution in [1.29, 1.82) is 0 Å². The van der Waals surface area contributed by atoms with Crippen LogP contribution in [0.15, 0.2) is 0 Å². The molecule has 16 heavy (non-hydrogen) atoms. The van der Waals surface area contributed by atoms with Crippen molar-refractivity contribution >= 4 is 9.84 Å². The highest BCUT2D eigenvalue weighted by Crippen LogP contribution is 2.31. The van der Waals surface area contributed by atoms with E-state index in [4.69, 9.17) is 5.73 Å². The molecule has 2 aliphatic heterocycles. The van der Waals surface area contributed by atoms with E-state index in [0.29, 0.717) is 11.5 Å². The van der Waals surface area contributed by atoms with E-state index in [1.54, 1.807) is 0 Å². The van der Waals surface area contributed by atoms with Gasteiger partial charge < -0.3 is 5.73 Å². The van der Waals surface area contributed by atoms with Crippen molar-refractivity contribution in [2.24, 2.45) is 11.1 Å². The van der Waals surface area contributed by atoms with Gasteiger partial charge in [-0.2, -0.15) is 0 Å². The summed E-state index contributed by atoms with van der Waals surface area (Å²) >= 11 is 0. The van der Waals surface area contributed by atoms with Crippen LogP contribution in [0.1, 0.15) is 26.7 Å². The van der Waals surface area contributed by atoms with Gasteiger partial charge in [-0.25, -0.2) is 8.42 Å². The molecule has 0 aliphatic carbocycles. The fourth-order valence-corrected chi connectivity index (χ4v) is 4.55. The zero-order valence-corrected chi connectivity index (χ0v) is 11.0. The summed E-state index contributed by atoms with van der Waals surface area (Å²) in [5.74, 6) is 0.707. The van der Waals surface area contributed by atoms with Gasteiger partial charge in [0.2, 0.25) is 0 Å². The van der Waals surface area contributed by atoms with Crippen molar-refractivity contribution in [2.45, 2.75) is 38.8 Å². The maximum absolute atomic E-state index is 11.5. The predicted molar refractivity (Wildman–Crippen MR) is 65.0 cm³/mol. The van der Waals surface area contributed by atoms with E-state index in [1.807, 2.05) is 0 Å². The quantitative estimate of drug-likeness (QED) is 0.719. The van der Waals surface area contributed by atoms with Gasteiger partial charge in [-0.05, 0) is 24.8 Å².